The summed E-state index contributed by atoms with van der Waals surface area (Å²) >= 11 is 9.18. The Balaban J connectivity index is 2.07. The lowest BCUT2D eigenvalue weighted by Gasteiger charge is -2.18. The molecule has 6 heteroatoms. The molecule has 0 aromatic heterocycles. The smallest absolute Gasteiger partial charge is 0.252 e. The minimum absolute atomic E-state index is 0.00919. The Kier molecular flexibility index (Phi) is 4.61. The molecular formula is C12H14BrClN2O2. The molecule has 2 N–H and O–H groups in total. The lowest BCUT2D eigenvalue weighted by atomic mass is 10.1. The first kappa shape index (κ1) is 13.8. The van der Waals surface area contributed by atoms with E-state index in [2.05, 4.69) is 26.6 Å². The molecule has 4 nitrogen and oxygen atoms in total. The molecule has 1 aliphatic heterocycles. The number of benzene rings is 1. The second kappa shape index (κ2) is 6.02. The van der Waals surface area contributed by atoms with Gasteiger partial charge in [0.15, 0.2) is 0 Å². The molecule has 1 unspecified atom stereocenters. The summed E-state index contributed by atoms with van der Waals surface area (Å²) in [7, 11) is 1.65. The third-order valence-electron chi connectivity index (χ3n) is 2.95. The highest BCUT2D eigenvalue weighted by Gasteiger charge is 2.28. The van der Waals surface area contributed by atoms with Gasteiger partial charge in [-0.2, -0.15) is 0 Å². The predicted molar refractivity (Wildman–Crippen MR) is 74.1 cm³/mol. The largest absolute Gasteiger partial charge is 0.378 e. The lowest BCUT2D eigenvalue weighted by molar-refractivity contribution is 0.0779. The molecule has 0 spiro atoms. The summed E-state index contributed by atoms with van der Waals surface area (Å²) in [4.78, 5) is 12.1. The average Bonchev–Trinajstić information content (AvgIpc) is 2.76. The van der Waals surface area contributed by atoms with Crippen LogP contribution in [0.2, 0.25) is 5.02 Å². The van der Waals surface area contributed by atoms with E-state index in [1.807, 2.05) is 0 Å². The maximum atomic E-state index is 12.1. The minimum atomic E-state index is -0.130. The first-order valence-corrected chi connectivity index (χ1v) is 6.78. The van der Waals surface area contributed by atoms with Crippen molar-refractivity contribution in [2.45, 2.75) is 12.1 Å². The molecule has 1 fully saturated rings. The van der Waals surface area contributed by atoms with Crippen molar-refractivity contribution in [3.63, 3.8) is 0 Å². The number of methoxy groups -OCH3 is 1. The second-order valence-electron chi connectivity index (χ2n) is 4.14. The van der Waals surface area contributed by atoms with Crippen LogP contribution in [0, 0.1) is 0 Å². The maximum absolute atomic E-state index is 12.1. The fraction of sp³-hybridized carbons (Fsp3) is 0.417. The molecule has 0 aliphatic carbocycles. The number of nitrogens with one attached hydrogen (secondary N) is 2. The Labute approximate surface area is 119 Å². The molecule has 1 aliphatic rings. The van der Waals surface area contributed by atoms with Gasteiger partial charge >= 0.3 is 0 Å². The zero-order valence-corrected chi connectivity index (χ0v) is 12.2. The number of ether oxygens (including phenoxy) is 1. The van der Waals surface area contributed by atoms with Gasteiger partial charge in [0.2, 0.25) is 0 Å². The molecule has 0 saturated carbocycles. The molecule has 2 rings (SSSR count). The zero-order chi connectivity index (χ0) is 13.1. The fourth-order valence-electron chi connectivity index (χ4n) is 1.97. The standard InChI is InChI=1S/C12H14BrClN2O2/c1-18-11-6-15-5-10(11)16-12(17)8-3-2-7(14)4-9(8)13/h2-4,10-11,15H,5-6H2,1H3,(H,16,17)/t10?,11-/m0/s1. The van der Waals surface area contributed by atoms with Crippen LogP contribution in [0.3, 0.4) is 0 Å². The van der Waals surface area contributed by atoms with Crippen molar-refractivity contribution in [2.75, 3.05) is 20.2 Å². The van der Waals surface area contributed by atoms with Gasteiger partial charge in [-0.05, 0) is 34.1 Å². The highest BCUT2D eigenvalue weighted by Crippen LogP contribution is 2.21. The fourth-order valence-corrected chi connectivity index (χ4v) is 2.83. The van der Waals surface area contributed by atoms with Gasteiger partial charge in [-0.1, -0.05) is 11.6 Å². The summed E-state index contributed by atoms with van der Waals surface area (Å²) in [5, 5.41) is 6.73. The molecule has 0 radical (unpaired) electrons. The Morgan fingerprint density at radius 1 is 1.56 bits per heavy atom. The van der Waals surface area contributed by atoms with Crippen molar-refractivity contribution in [1.82, 2.24) is 10.6 Å². The number of halogens is 2. The number of rotatable bonds is 3. The second-order valence-corrected chi connectivity index (χ2v) is 5.43. The Bertz CT molecular complexity index is 456. The number of carbonyl (C=O) groups is 1. The summed E-state index contributed by atoms with van der Waals surface area (Å²) in [6, 6.07) is 5.09. The summed E-state index contributed by atoms with van der Waals surface area (Å²) < 4.78 is 5.99. The molecule has 1 heterocycles. The number of carbonyl (C=O) groups excluding carboxylic acids is 1. The summed E-state index contributed by atoms with van der Waals surface area (Å²) in [5.74, 6) is -0.130. The molecule has 1 saturated heterocycles. The van der Waals surface area contributed by atoms with E-state index in [1.54, 1.807) is 25.3 Å². The first-order chi connectivity index (χ1) is 8.61. The monoisotopic (exact) mass is 332 g/mol. The van der Waals surface area contributed by atoms with E-state index < -0.39 is 0 Å². The Morgan fingerprint density at radius 2 is 2.33 bits per heavy atom. The van der Waals surface area contributed by atoms with Crippen molar-refractivity contribution in [3.05, 3.63) is 33.3 Å². The molecule has 0 bridgehead atoms. The van der Waals surface area contributed by atoms with Gasteiger partial charge in [0.25, 0.3) is 5.91 Å². The van der Waals surface area contributed by atoms with Gasteiger partial charge in [-0.15, -0.1) is 0 Å². The van der Waals surface area contributed by atoms with Crippen LogP contribution in [0.1, 0.15) is 10.4 Å². The number of hydrogen-bond donors (Lipinski definition) is 2. The van der Waals surface area contributed by atoms with Crippen LogP contribution in [0.25, 0.3) is 0 Å². The molecule has 98 valence electrons. The van der Waals surface area contributed by atoms with Crippen LogP contribution in [0.5, 0.6) is 0 Å². The van der Waals surface area contributed by atoms with Gasteiger partial charge < -0.3 is 15.4 Å². The molecule has 2 atom stereocenters. The van der Waals surface area contributed by atoms with E-state index in [1.165, 1.54) is 0 Å². The quantitative estimate of drug-likeness (QED) is 0.887. The van der Waals surface area contributed by atoms with Crippen molar-refractivity contribution in [2.24, 2.45) is 0 Å². The van der Waals surface area contributed by atoms with E-state index in [-0.39, 0.29) is 18.1 Å². The summed E-state index contributed by atoms with van der Waals surface area (Å²) in [5.41, 5.74) is 0.571. The number of hydrogen-bond acceptors (Lipinski definition) is 3. The molecule has 1 aromatic carbocycles. The van der Waals surface area contributed by atoms with Gasteiger partial charge in [0, 0.05) is 29.7 Å². The highest BCUT2D eigenvalue weighted by molar-refractivity contribution is 9.10. The van der Waals surface area contributed by atoms with E-state index in [0.29, 0.717) is 15.1 Å². The molecule has 1 aromatic rings. The van der Waals surface area contributed by atoms with Crippen molar-refractivity contribution < 1.29 is 9.53 Å². The number of amides is 1. The third-order valence-corrected chi connectivity index (χ3v) is 3.84. The van der Waals surface area contributed by atoms with Crippen molar-refractivity contribution in [1.29, 1.82) is 0 Å². The molecule has 1 amide bonds. The van der Waals surface area contributed by atoms with E-state index in [4.69, 9.17) is 16.3 Å². The van der Waals surface area contributed by atoms with Crippen LogP contribution in [0.15, 0.2) is 22.7 Å². The summed E-state index contributed by atoms with van der Waals surface area (Å²) in [6.45, 7) is 1.47. The van der Waals surface area contributed by atoms with Crippen LogP contribution in [-0.2, 0) is 4.74 Å². The van der Waals surface area contributed by atoms with E-state index in [0.717, 1.165) is 13.1 Å². The average molecular weight is 334 g/mol. The normalized spacial score (nSPS) is 23.1. The predicted octanol–water partition coefficient (Wildman–Crippen LogP) is 1.82. The Hall–Kier alpha value is -0.620. The van der Waals surface area contributed by atoms with Gasteiger partial charge in [0.1, 0.15) is 0 Å². The van der Waals surface area contributed by atoms with Gasteiger partial charge in [-0.3, -0.25) is 4.79 Å². The van der Waals surface area contributed by atoms with E-state index in [9.17, 15) is 4.79 Å². The Morgan fingerprint density at radius 3 is 3.00 bits per heavy atom. The van der Waals surface area contributed by atoms with Gasteiger partial charge in [0.05, 0.1) is 17.7 Å². The van der Waals surface area contributed by atoms with E-state index >= 15 is 0 Å². The summed E-state index contributed by atoms with van der Waals surface area (Å²) in [6.07, 6.45) is 0.0139. The SMILES string of the molecule is CO[C@H]1CNCC1NC(=O)c1ccc(Cl)cc1Br. The lowest BCUT2D eigenvalue weighted by Crippen LogP contribution is -2.43. The topological polar surface area (TPSA) is 50.4 Å². The third kappa shape index (κ3) is 3.03. The van der Waals surface area contributed by atoms with Crippen LogP contribution in [-0.4, -0.2) is 38.3 Å². The maximum Gasteiger partial charge on any atom is 0.252 e. The van der Waals surface area contributed by atoms with Crippen LogP contribution < -0.4 is 10.6 Å². The molecule has 18 heavy (non-hydrogen) atoms. The highest BCUT2D eigenvalue weighted by atomic mass is 79.9. The minimum Gasteiger partial charge on any atom is -0.378 e. The van der Waals surface area contributed by atoms with Crippen LogP contribution >= 0.6 is 27.5 Å². The first-order valence-electron chi connectivity index (χ1n) is 5.61. The van der Waals surface area contributed by atoms with Crippen molar-refractivity contribution >= 4 is 33.4 Å². The van der Waals surface area contributed by atoms with Crippen LogP contribution in [0.4, 0.5) is 0 Å². The zero-order valence-electron chi connectivity index (χ0n) is 9.87. The van der Waals surface area contributed by atoms with Gasteiger partial charge in [-0.25, -0.2) is 0 Å². The molecular weight excluding hydrogens is 320 g/mol. The van der Waals surface area contributed by atoms with Crippen molar-refractivity contribution in [3.8, 4) is 0 Å².